The van der Waals surface area contributed by atoms with Crippen molar-refractivity contribution in [3.8, 4) is 11.3 Å². The minimum atomic E-state index is 0.184. The second-order valence-corrected chi connectivity index (χ2v) is 6.00. The number of aromatic nitrogens is 1. The summed E-state index contributed by atoms with van der Waals surface area (Å²) in [5.41, 5.74) is 3.29. The first-order valence-electron chi connectivity index (χ1n) is 8.15. The molecule has 1 atom stereocenters. The molecule has 0 unspecified atom stereocenters. The Morgan fingerprint density at radius 2 is 1.74 bits per heavy atom. The van der Waals surface area contributed by atoms with Crippen molar-refractivity contribution in [3.63, 3.8) is 0 Å². The summed E-state index contributed by atoms with van der Waals surface area (Å²) < 4.78 is 0. The van der Waals surface area contributed by atoms with Crippen LogP contribution in [-0.2, 0) is 4.79 Å². The van der Waals surface area contributed by atoms with Crippen molar-refractivity contribution in [2.75, 3.05) is 0 Å². The fourth-order valence-corrected chi connectivity index (χ4v) is 3.01. The monoisotopic (exact) mass is 303 g/mol. The summed E-state index contributed by atoms with van der Waals surface area (Å²) >= 11 is 0. The molecule has 1 aromatic heterocycles. The molecular formula is C21H21NO. The van der Waals surface area contributed by atoms with Crippen LogP contribution < -0.4 is 0 Å². The fourth-order valence-electron chi connectivity index (χ4n) is 3.01. The third kappa shape index (κ3) is 3.31. The van der Waals surface area contributed by atoms with Gasteiger partial charge in [-0.15, -0.1) is 0 Å². The Hall–Kier alpha value is -2.48. The molecule has 0 aliphatic carbocycles. The fraction of sp³-hybridized carbons (Fsp3) is 0.238. The number of nitrogens with zero attached hydrogens (tertiary/aromatic N) is 1. The predicted octanol–water partition coefficient (Wildman–Crippen LogP) is 5.37. The van der Waals surface area contributed by atoms with Gasteiger partial charge in [-0.05, 0) is 40.5 Å². The molecule has 0 spiro atoms. The zero-order valence-electron chi connectivity index (χ0n) is 13.6. The Morgan fingerprint density at radius 3 is 2.39 bits per heavy atom. The second-order valence-electron chi connectivity index (χ2n) is 6.00. The van der Waals surface area contributed by atoms with E-state index in [9.17, 15) is 4.79 Å². The lowest BCUT2D eigenvalue weighted by Crippen LogP contribution is -2.05. The van der Waals surface area contributed by atoms with Crippen LogP contribution in [0.3, 0.4) is 0 Å². The van der Waals surface area contributed by atoms with E-state index < -0.39 is 0 Å². The first-order valence-corrected chi connectivity index (χ1v) is 8.15. The van der Waals surface area contributed by atoms with Gasteiger partial charge < -0.3 is 0 Å². The van der Waals surface area contributed by atoms with Crippen LogP contribution in [0.2, 0.25) is 0 Å². The van der Waals surface area contributed by atoms with E-state index in [2.05, 4.69) is 42.2 Å². The van der Waals surface area contributed by atoms with Crippen molar-refractivity contribution in [1.29, 1.82) is 0 Å². The summed E-state index contributed by atoms with van der Waals surface area (Å²) in [5.74, 6) is 0.488. The van der Waals surface area contributed by atoms with Crippen LogP contribution in [0.15, 0.2) is 60.8 Å². The Labute approximate surface area is 137 Å². The van der Waals surface area contributed by atoms with E-state index in [1.54, 1.807) is 0 Å². The zero-order chi connectivity index (χ0) is 16.2. The quantitative estimate of drug-likeness (QED) is 0.634. The van der Waals surface area contributed by atoms with Gasteiger partial charge in [-0.25, -0.2) is 0 Å². The van der Waals surface area contributed by atoms with Gasteiger partial charge in [0.15, 0.2) is 0 Å². The van der Waals surface area contributed by atoms with Crippen molar-refractivity contribution in [2.45, 2.75) is 32.6 Å². The molecular weight excluding hydrogens is 282 g/mol. The summed E-state index contributed by atoms with van der Waals surface area (Å²) in [5, 5.41) is 2.41. The molecule has 0 fully saturated rings. The van der Waals surface area contributed by atoms with E-state index in [1.807, 2.05) is 37.4 Å². The van der Waals surface area contributed by atoms with Gasteiger partial charge >= 0.3 is 0 Å². The maximum Gasteiger partial charge on any atom is 0.133 e. The molecule has 0 amide bonds. The molecule has 0 bridgehead atoms. The number of hydrogen-bond donors (Lipinski definition) is 0. The summed E-state index contributed by atoms with van der Waals surface area (Å²) in [6.07, 6.45) is 2.99. The number of fused-ring (bicyclic) bond motifs is 1. The van der Waals surface area contributed by atoms with Crippen LogP contribution in [-0.4, -0.2) is 10.8 Å². The van der Waals surface area contributed by atoms with Gasteiger partial charge in [0, 0.05) is 24.6 Å². The van der Waals surface area contributed by atoms with E-state index in [0.29, 0.717) is 18.6 Å². The molecule has 1 heterocycles. The number of carbonyl (C=O) groups excluding carboxylic acids is 1. The van der Waals surface area contributed by atoms with E-state index in [4.69, 9.17) is 0 Å². The normalized spacial score (nSPS) is 12.3. The first-order chi connectivity index (χ1) is 11.2. The zero-order valence-corrected chi connectivity index (χ0v) is 13.6. The van der Waals surface area contributed by atoms with Gasteiger partial charge in [0.25, 0.3) is 0 Å². The number of pyridine rings is 1. The molecule has 2 nitrogen and oxygen atoms in total. The van der Waals surface area contributed by atoms with Crippen molar-refractivity contribution in [2.24, 2.45) is 0 Å². The average Bonchev–Trinajstić information content (AvgIpc) is 2.61. The van der Waals surface area contributed by atoms with E-state index in [0.717, 1.165) is 11.3 Å². The van der Waals surface area contributed by atoms with Gasteiger partial charge in [0.1, 0.15) is 5.78 Å². The molecule has 0 saturated carbocycles. The number of hydrogen-bond acceptors (Lipinski definition) is 2. The summed E-state index contributed by atoms with van der Waals surface area (Å²) in [7, 11) is 0. The molecule has 116 valence electrons. The predicted molar refractivity (Wildman–Crippen MR) is 95.5 cm³/mol. The minimum absolute atomic E-state index is 0.184. The number of benzene rings is 2. The van der Waals surface area contributed by atoms with E-state index in [1.165, 1.54) is 16.3 Å². The van der Waals surface area contributed by atoms with E-state index in [-0.39, 0.29) is 5.92 Å². The largest absolute Gasteiger partial charge is 0.300 e. The first kappa shape index (κ1) is 15.4. The van der Waals surface area contributed by atoms with Crippen LogP contribution in [0, 0.1) is 0 Å². The van der Waals surface area contributed by atoms with Gasteiger partial charge in [0.05, 0.1) is 5.69 Å². The number of Topliss-reactive ketones (excluding diaryl/α,β-unsaturated/α-hetero) is 1. The molecule has 0 radical (unpaired) electrons. The van der Waals surface area contributed by atoms with E-state index >= 15 is 0 Å². The highest BCUT2D eigenvalue weighted by molar-refractivity contribution is 5.89. The second kappa shape index (κ2) is 6.74. The Morgan fingerprint density at radius 1 is 1.04 bits per heavy atom. The SMILES string of the molecule is CCC(=O)C[C@H](C)c1cc2ccccc2cc1-c1ccccn1. The van der Waals surface area contributed by atoms with Crippen LogP contribution in [0.25, 0.3) is 22.0 Å². The third-order valence-electron chi connectivity index (χ3n) is 4.32. The third-order valence-corrected chi connectivity index (χ3v) is 4.32. The molecule has 0 aliphatic heterocycles. The average molecular weight is 303 g/mol. The lowest BCUT2D eigenvalue weighted by atomic mass is 9.87. The summed E-state index contributed by atoms with van der Waals surface area (Å²) in [6.45, 7) is 4.05. The highest BCUT2D eigenvalue weighted by Crippen LogP contribution is 2.34. The summed E-state index contributed by atoms with van der Waals surface area (Å²) in [4.78, 5) is 16.4. The number of carbonyl (C=O) groups is 1. The lowest BCUT2D eigenvalue weighted by molar-refractivity contribution is -0.119. The smallest absolute Gasteiger partial charge is 0.133 e. The van der Waals surface area contributed by atoms with Crippen molar-refractivity contribution in [1.82, 2.24) is 4.98 Å². The molecule has 2 aromatic carbocycles. The lowest BCUT2D eigenvalue weighted by Gasteiger charge is -2.17. The topological polar surface area (TPSA) is 30.0 Å². The van der Waals surface area contributed by atoms with Gasteiger partial charge in [-0.2, -0.15) is 0 Å². The Balaban J connectivity index is 2.15. The molecule has 3 rings (SSSR count). The van der Waals surface area contributed by atoms with Gasteiger partial charge in [-0.3, -0.25) is 9.78 Å². The standard InChI is InChI=1S/C21H21NO/c1-3-18(23)12-15(2)19-13-16-8-4-5-9-17(16)14-20(19)21-10-6-7-11-22-21/h4-11,13-15H,3,12H2,1-2H3/t15-/m0/s1. The Kier molecular flexibility index (Phi) is 4.52. The maximum atomic E-state index is 11.9. The van der Waals surface area contributed by atoms with Crippen molar-refractivity contribution in [3.05, 3.63) is 66.4 Å². The molecule has 2 heteroatoms. The molecule has 0 N–H and O–H groups in total. The highest BCUT2D eigenvalue weighted by Gasteiger charge is 2.16. The van der Waals surface area contributed by atoms with Crippen LogP contribution >= 0.6 is 0 Å². The van der Waals surface area contributed by atoms with Crippen LogP contribution in [0.4, 0.5) is 0 Å². The van der Waals surface area contributed by atoms with Crippen LogP contribution in [0.5, 0.6) is 0 Å². The van der Waals surface area contributed by atoms with Crippen LogP contribution in [0.1, 0.15) is 38.2 Å². The van der Waals surface area contributed by atoms with Gasteiger partial charge in [0.2, 0.25) is 0 Å². The number of ketones is 1. The molecule has 23 heavy (non-hydrogen) atoms. The van der Waals surface area contributed by atoms with Crippen molar-refractivity contribution < 1.29 is 4.79 Å². The minimum Gasteiger partial charge on any atom is -0.300 e. The molecule has 3 aromatic rings. The Bertz CT molecular complexity index is 824. The molecule has 0 saturated heterocycles. The summed E-state index contributed by atoms with van der Waals surface area (Å²) in [6, 6.07) is 18.7. The number of rotatable bonds is 5. The van der Waals surface area contributed by atoms with Crippen molar-refractivity contribution >= 4 is 16.6 Å². The highest BCUT2D eigenvalue weighted by atomic mass is 16.1. The maximum absolute atomic E-state index is 11.9. The molecule has 0 aliphatic rings. The van der Waals surface area contributed by atoms with Gasteiger partial charge in [-0.1, -0.05) is 50.2 Å².